The van der Waals surface area contributed by atoms with Crippen molar-refractivity contribution in [1.29, 1.82) is 0 Å². The van der Waals surface area contributed by atoms with Gasteiger partial charge in [-0.1, -0.05) is 12.1 Å². The zero-order chi connectivity index (χ0) is 18.1. The first-order valence-electron chi connectivity index (χ1n) is 7.90. The van der Waals surface area contributed by atoms with Crippen LogP contribution in [0.25, 0.3) is 0 Å². The summed E-state index contributed by atoms with van der Waals surface area (Å²) in [5.41, 5.74) is 2.64. The number of hydrogen-bond acceptors (Lipinski definition) is 3. The van der Waals surface area contributed by atoms with Crippen molar-refractivity contribution in [3.8, 4) is 0 Å². The number of imide groups is 1. The molecule has 0 saturated carbocycles. The Kier molecular flexibility index (Phi) is 4.35. The molecule has 0 atom stereocenters. The van der Waals surface area contributed by atoms with E-state index in [9.17, 15) is 18.8 Å². The third-order valence-electron chi connectivity index (χ3n) is 4.30. The van der Waals surface area contributed by atoms with Crippen LogP contribution in [0.4, 0.5) is 10.1 Å². The lowest BCUT2D eigenvalue weighted by Crippen LogP contribution is -2.33. The van der Waals surface area contributed by atoms with Gasteiger partial charge >= 0.3 is 0 Å². The van der Waals surface area contributed by atoms with Gasteiger partial charge in [-0.25, -0.2) is 4.39 Å². The molecule has 0 radical (unpaired) electrons. The van der Waals surface area contributed by atoms with E-state index in [0.717, 1.165) is 22.1 Å². The first-order chi connectivity index (χ1) is 11.9. The van der Waals surface area contributed by atoms with Gasteiger partial charge in [-0.05, 0) is 49.2 Å². The monoisotopic (exact) mass is 340 g/mol. The van der Waals surface area contributed by atoms with Crippen LogP contribution in [-0.2, 0) is 4.79 Å². The minimum absolute atomic E-state index is 0.0413. The van der Waals surface area contributed by atoms with Crippen molar-refractivity contribution in [3.63, 3.8) is 0 Å². The molecular weight excluding hydrogens is 323 g/mol. The third kappa shape index (κ3) is 3.15. The second-order valence-electron chi connectivity index (χ2n) is 6.02. The summed E-state index contributed by atoms with van der Waals surface area (Å²) in [5.74, 6) is -2.31. The number of nitrogens with zero attached hydrogens (tertiary/aromatic N) is 1. The van der Waals surface area contributed by atoms with Crippen molar-refractivity contribution in [2.24, 2.45) is 0 Å². The first-order valence-corrected chi connectivity index (χ1v) is 7.90. The average molecular weight is 340 g/mol. The van der Waals surface area contributed by atoms with Gasteiger partial charge in [0.1, 0.15) is 5.82 Å². The Bertz CT molecular complexity index is 892. The third-order valence-corrected chi connectivity index (χ3v) is 4.30. The number of fused-ring (bicyclic) bond motifs is 1. The molecule has 0 aliphatic carbocycles. The summed E-state index contributed by atoms with van der Waals surface area (Å²) in [6, 6.07) is 9.48. The number of hydrogen-bond donors (Lipinski definition) is 1. The van der Waals surface area contributed by atoms with Crippen molar-refractivity contribution in [1.82, 2.24) is 4.90 Å². The second-order valence-corrected chi connectivity index (χ2v) is 6.02. The summed E-state index contributed by atoms with van der Waals surface area (Å²) in [6.07, 6.45) is -0.0555. The van der Waals surface area contributed by atoms with Crippen LogP contribution in [0, 0.1) is 19.7 Å². The maximum Gasteiger partial charge on any atom is 0.264 e. The number of halogens is 1. The number of nitrogens with one attached hydrogen (secondary N) is 1. The molecule has 2 aromatic carbocycles. The maximum absolute atomic E-state index is 13.8. The SMILES string of the molecule is Cc1ccc(NC(=O)CCN2C(=O)c3cccc(F)c3C2=O)cc1C. The smallest absolute Gasteiger partial charge is 0.264 e. The fraction of sp³-hybridized carbons (Fsp3) is 0.211. The van der Waals surface area contributed by atoms with Gasteiger partial charge in [-0.15, -0.1) is 0 Å². The molecule has 1 heterocycles. The summed E-state index contributed by atoms with van der Waals surface area (Å²) in [7, 11) is 0. The number of carbonyl (C=O) groups excluding carboxylic acids is 3. The Balaban J connectivity index is 1.65. The lowest BCUT2D eigenvalue weighted by molar-refractivity contribution is -0.116. The molecule has 1 aliphatic rings. The summed E-state index contributed by atoms with van der Waals surface area (Å²) in [4.78, 5) is 37.4. The molecule has 0 fully saturated rings. The Morgan fingerprint density at radius 1 is 1.08 bits per heavy atom. The fourth-order valence-corrected chi connectivity index (χ4v) is 2.75. The highest BCUT2D eigenvalue weighted by Crippen LogP contribution is 2.25. The predicted octanol–water partition coefficient (Wildman–Crippen LogP) is 3.07. The number of amides is 3. The van der Waals surface area contributed by atoms with E-state index in [1.54, 1.807) is 6.07 Å². The molecule has 5 nitrogen and oxygen atoms in total. The zero-order valence-corrected chi connectivity index (χ0v) is 13.9. The quantitative estimate of drug-likeness (QED) is 0.870. The van der Waals surface area contributed by atoms with Gasteiger partial charge in [0.25, 0.3) is 11.8 Å². The van der Waals surface area contributed by atoms with Crippen LogP contribution >= 0.6 is 0 Å². The number of benzene rings is 2. The van der Waals surface area contributed by atoms with Gasteiger partial charge in [0.15, 0.2) is 0 Å². The van der Waals surface area contributed by atoms with Crippen molar-refractivity contribution in [3.05, 3.63) is 64.5 Å². The van der Waals surface area contributed by atoms with E-state index in [1.807, 2.05) is 26.0 Å². The van der Waals surface area contributed by atoms with Crippen LogP contribution in [-0.4, -0.2) is 29.2 Å². The summed E-state index contributed by atoms with van der Waals surface area (Å²) in [6.45, 7) is 3.82. The van der Waals surface area contributed by atoms with Gasteiger partial charge in [0.2, 0.25) is 5.91 Å². The average Bonchev–Trinajstić information content (AvgIpc) is 2.81. The van der Waals surface area contributed by atoms with Gasteiger partial charge in [0.05, 0.1) is 11.1 Å². The van der Waals surface area contributed by atoms with E-state index in [4.69, 9.17) is 0 Å². The number of carbonyl (C=O) groups is 3. The first kappa shape index (κ1) is 16.8. The van der Waals surface area contributed by atoms with Crippen molar-refractivity contribution in [2.75, 3.05) is 11.9 Å². The van der Waals surface area contributed by atoms with Crippen molar-refractivity contribution in [2.45, 2.75) is 20.3 Å². The van der Waals surface area contributed by atoms with Gasteiger partial charge in [-0.2, -0.15) is 0 Å². The Labute approximate surface area is 144 Å². The maximum atomic E-state index is 13.8. The molecule has 3 amide bonds. The Morgan fingerprint density at radius 2 is 1.84 bits per heavy atom. The van der Waals surface area contributed by atoms with Crippen LogP contribution in [0.5, 0.6) is 0 Å². The molecule has 0 bridgehead atoms. The molecule has 0 aromatic heterocycles. The molecule has 1 N–H and O–H groups in total. The molecule has 0 saturated heterocycles. The molecular formula is C19H17FN2O3. The summed E-state index contributed by atoms with van der Waals surface area (Å²) >= 11 is 0. The zero-order valence-electron chi connectivity index (χ0n) is 13.9. The van der Waals surface area contributed by atoms with Crippen LogP contribution in [0.15, 0.2) is 36.4 Å². The van der Waals surface area contributed by atoms with Crippen LogP contribution in [0.3, 0.4) is 0 Å². The topological polar surface area (TPSA) is 66.5 Å². The molecule has 1 aliphatic heterocycles. The predicted molar refractivity (Wildman–Crippen MR) is 90.9 cm³/mol. The minimum Gasteiger partial charge on any atom is -0.326 e. The summed E-state index contributed by atoms with van der Waals surface area (Å²) < 4.78 is 13.8. The van der Waals surface area contributed by atoms with Gasteiger partial charge in [-0.3, -0.25) is 19.3 Å². The summed E-state index contributed by atoms with van der Waals surface area (Å²) in [5, 5.41) is 2.73. The number of rotatable bonds is 4. The van der Waals surface area contributed by atoms with Crippen LogP contribution < -0.4 is 5.32 Å². The number of anilines is 1. The normalized spacial score (nSPS) is 13.2. The van der Waals surface area contributed by atoms with Crippen molar-refractivity contribution < 1.29 is 18.8 Å². The molecule has 3 rings (SSSR count). The fourth-order valence-electron chi connectivity index (χ4n) is 2.75. The van der Waals surface area contributed by atoms with E-state index in [-0.39, 0.29) is 30.0 Å². The highest BCUT2D eigenvalue weighted by Gasteiger charge is 2.37. The lowest BCUT2D eigenvalue weighted by Gasteiger charge is -2.14. The van der Waals surface area contributed by atoms with Gasteiger partial charge in [0, 0.05) is 18.7 Å². The van der Waals surface area contributed by atoms with Gasteiger partial charge < -0.3 is 5.32 Å². The highest BCUT2D eigenvalue weighted by molar-refractivity contribution is 6.21. The number of aryl methyl sites for hydroxylation is 2. The molecule has 25 heavy (non-hydrogen) atoms. The van der Waals surface area contributed by atoms with Crippen molar-refractivity contribution >= 4 is 23.4 Å². The molecule has 0 spiro atoms. The standard InChI is InChI=1S/C19H17FN2O3/c1-11-6-7-13(10-12(11)2)21-16(23)8-9-22-18(24)14-4-3-5-15(20)17(14)19(22)25/h3-7,10H,8-9H2,1-2H3,(H,21,23). The molecule has 2 aromatic rings. The molecule has 6 heteroatoms. The van der Waals surface area contributed by atoms with E-state index in [2.05, 4.69) is 5.32 Å². The van der Waals surface area contributed by atoms with E-state index in [1.165, 1.54) is 12.1 Å². The molecule has 128 valence electrons. The van der Waals surface area contributed by atoms with Crippen LogP contribution in [0.1, 0.15) is 38.3 Å². The van der Waals surface area contributed by atoms with Crippen LogP contribution in [0.2, 0.25) is 0 Å². The molecule has 0 unspecified atom stereocenters. The van der Waals surface area contributed by atoms with E-state index >= 15 is 0 Å². The van der Waals surface area contributed by atoms with E-state index < -0.39 is 17.6 Å². The second kappa shape index (κ2) is 6.47. The Morgan fingerprint density at radius 3 is 2.52 bits per heavy atom. The highest BCUT2D eigenvalue weighted by atomic mass is 19.1. The minimum atomic E-state index is -0.724. The van der Waals surface area contributed by atoms with E-state index in [0.29, 0.717) is 5.69 Å². The lowest BCUT2D eigenvalue weighted by atomic mass is 10.1. The largest absolute Gasteiger partial charge is 0.326 e. The Hall–Kier alpha value is -3.02.